The first-order valence-electron chi connectivity index (χ1n) is 7.17. The lowest BCUT2D eigenvalue weighted by Crippen LogP contribution is -2.05. The maximum Gasteiger partial charge on any atom is 0.318 e. The number of anilines is 1. The van der Waals surface area contributed by atoms with Crippen LogP contribution in [0.1, 0.15) is 11.1 Å². The molecule has 25 heavy (non-hydrogen) atoms. The van der Waals surface area contributed by atoms with Crippen LogP contribution in [0, 0.1) is 0 Å². The molecular weight excluding hydrogens is 340 g/mol. The maximum atomic E-state index is 5.60. The van der Waals surface area contributed by atoms with Crippen molar-refractivity contribution in [2.45, 2.75) is 18.0 Å². The Balaban J connectivity index is 0.00000156. The Morgan fingerprint density at radius 3 is 2.48 bits per heavy atom. The third kappa shape index (κ3) is 6.03. The molecule has 0 amide bonds. The van der Waals surface area contributed by atoms with Gasteiger partial charge in [0.25, 0.3) is 0 Å². The van der Waals surface area contributed by atoms with Gasteiger partial charge in [0.1, 0.15) is 12.4 Å². The Bertz CT molecular complexity index is 775. The molecule has 7 nitrogen and oxygen atoms in total. The molecule has 0 saturated carbocycles. The first kappa shape index (κ1) is 20.4. The third-order valence-corrected chi connectivity index (χ3v) is 3.64. The minimum Gasteiger partial charge on any atom is -0.459 e. The Kier molecular flexibility index (Phi) is 8.34. The third-order valence-electron chi connectivity index (χ3n) is 3.20. The Morgan fingerprint density at radius 1 is 0.960 bits per heavy atom. The number of ether oxygens (including phenoxy) is 1. The van der Waals surface area contributed by atoms with Gasteiger partial charge in [-0.2, -0.15) is 4.98 Å². The molecule has 0 radical (unpaired) electrons. The van der Waals surface area contributed by atoms with Crippen molar-refractivity contribution < 1.29 is 15.7 Å². The summed E-state index contributed by atoms with van der Waals surface area (Å²) in [4.78, 5) is 13.4. The van der Waals surface area contributed by atoms with E-state index < -0.39 is 0 Å². The summed E-state index contributed by atoms with van der Waals surface area (Å²) < 4.78 is 5.60. The molecule has 0 unspecified atom stereocenters. The lowest BCUT2D eigenvalue weighted by Gasteiger charge is -2.09. The van der Waals surface area contributed by atoms with E-state index in [1.807, 2.05) is 36.4 Å². The summed E-state index contributed by atoms with van der Waals surface area (Å²) in [5.74, 6) is 0.710. The second-order valence-corrected chi connectivity index (χ2v) is 5.33. The minimum atomic E-state index is 0. The lowest BCUT2D eigenvalue weighted by molar-refractivity contribution is 0.281. The van der Waals surface area contributed by atoms with Crippen LogP contribution < -0.4 is 10.1 Å². The molecule has 8 heteroatoms. The number of nitrogens with one attached hydrogen (secondary N) is 1. The SMILES string of the molecule is O.O.Sc1ccccc1CNc1ccnc(OCc2ccncc2)n1. The maximum absolute atomic E-state index is 5.60. The molecule has 0 aliphatic heterocycles. The van der Waals surface area contributed by atoms with E-state index in [1.165, 1.54) is 0 Å². The highest BCUT2D eigenvalue weighted by Crippen LogP contribution is 2.15. The molecule has 2 heterocycles. The van der Waals surface area contributed by atoms with Gasteiger partial charge >= 0.3 is 6.01 Å². The zero-order valence-electron chi connectivity index (χ0n) is 13.4. The van der Waals surface area contributed by atoms with Gasteiger partial charge in [0.2, 0.25) is 0 Å². The van der Waals surface area contributed by atoms with Gasteiger partial charge in [-0.3, -0.25) is 4.98 Å². The van der Waals surface area contributed by atoms with Crippen LogP contribution in [-0.4, -0.2) is 25.9 Å². The standard InChI is InChI=1S/C17H16N4OS.2H2O/c23-15-4-2-1-3-14(15)11-20-16-7-10-19-17(21-16)22-12-13-5-8-18-9-6-13;;/h1-10,23H,11-12H2,(H,19,20,21);2*1H2. The summed E-state index contributed by atoms with van der Waals surface area (Å²) in [6, 6.07) is 13.9. The van der Waals surface area contributed by atoms with Crippen LogP contribution in [0.4, 0.5) is 5.82 Å². The summed E-state index contributed by atoms with van der Waals surface area (Å²) in [5, 5.41) is 3.25. The van der Waals surface area contributed by atoms with Crippen molar-refractivity contribution in [3.8, 4) is 6.01 Å². The van der Waals surface area contributed by atoms with Crippen molar-refractivity contribution in [3.05, 3.63) is 72.2 Å². The fourth-order valence-corrected chi connectivity index (χ4v) is 2.22. The number of pyridine rings is 1. The Labute approximate surface area is 151 Å². The van der Waals surface area contributed by atoms with E-state index in [0.717, 1.165) is 16.0 Å². The van der Waals surface area contributed by atoms with Gasteiger partial charge in [0, 0.05) is 30.0 Å². The van der Waals surface area contributed by atoms with Crippen LogP contribution in [-0.2, 0) is 13.2 Å². The summed E-state index contributed by atoms with van der Waals surface area (Å²) in [5.41, 5.74) is 2.12. The second-order valence-electron chi connectivity index (χ2n) is 4.85. The van der Waals surface area contributed by atoms with E-state index in [4.69, 9.17) is 4.74 Å². The average Bonchev–Trinajstić information content (AvgIpc) is 2.61. The molecule has 5 N–H and O–H groups in total. The minimum absolute atomic E-state index is 0. The van der Waals surface area contributed by atoms with E-state index in [1.54, 1.807) is 24.7 Å². The number of benzene rings is 1. The number of hydrogen-bond acceptors (Lipinski definition) is 6. The summed E-state index contributed by atoms with van der Waals surface area (Å²) >= 11 is 4.44. The normalized spacial score (nSPS) is 9.48. The first-order chi connectivity index (χ1) is 11.3. The van der Waals surface area contributed by atoms with Gasteiger partial charge in [-0.05, 0) is 35.4 Å². The molecule has 0 spiro atoms. The monoisotopic (exact) mass is 360 g/mol. The topological polar surface area (TPSA) is 123 Å². The highest BCUT2D eigenvalue weighted by atomic mass is 32.1. The van der Waals surface area contributed by atoms with Crippen molar-refractivity contribution in [2.75, 3.05) is 5.32 Å². The number of hydrogen-bond donors (Lipinski definition) is 2. The molecule has 0 atom stereocenters. The summed E-state index contributed by atoms with van der Waals surface area (Å²) in [7, 11) is 0. The molecule has 0 aliphatic rings. The Hall–Kier alpha value is -2.68. The molecular formula is C17H20N4O3S. The van der Waals surface area contributed by atoms with E-state index in [-0.39, 0.29) is 11.0 Å². The quantitative estimate of drug-likeness (QED) is 0.648. The number of thiol groups is 1. The van der Waals surface area contributed by atoms with Crippen molar-refractivity contribution in [3.63, 3.8) is 0 Å². The van der Waals surface area contributed by atoms with E-state index in [9.17, 15) is 0 Å². The van der Waals surface area contributed by atoms with Crippen LogP contribution in [0.3, 0.4) is 0 Å². The van der Waals surface area contributed by atoms with Crippen molar-refractivity contribution in [1.29, 1.82) is 0 Å². The van der Waals surface area contributed by atoms with Gasteiger partial charge in [0.15, 0.2) is 0 Å². The number of nitrogens with zero attached hydrogens (tertiary/aromatic N) is 3. The smallest absolute Gasteiger partial charge is 0.318 e. The average molecular weight is 360 g/mol. The predicted molar refractivity (Wildman–Crippen MR) is 98.8 cm³/mol. The van der Waals surface area contributed by atoms with Crippen molar-refractivity contribution >= 4 is 18.4 Å². The van der Waals surface area contributed by atoms with Crippen LogP contribution in [0.5, 0.6) is 6.01 Å². The van der Waals surface area contributed by atoms with E-state index in [2.05, 4.69) is 32.9 Å². The zero-order valence-corrected chi connectivity index (χ0v) is 14.3. The molecule has 0 aliphatic carbocycles. The van der Waals surface area contributed by atoms with E-state index in [0.29, 0.717) is 25.0 Å². The van der Waals surface area contributed by atoms with Gasteiger partial charge in [0.05, 0.1) is 0 Å². The molecule has 3 aromatic rings. The van der Waals surface area contributed by atoms with Crippen LogP contribution in [0.25, 0.3) is 0 Å². The highest BCUT2D eigenvalue weighted by molar-refractivity contribution is 7.80. The van der Waals surface area contributed by atoms with Crippen molar-refractivity contribution in [1.82, 2.24) is 15.0 Å². The van der Waals surface area contributed by atoms with Gasteiger partial charge in [-0.15, -0.1) is 12.6 Å². The molecule has 2 aromatic heterocycles. The fourth-order valence-electron chi connectivity index (χ4n) is 1.98. The summed E-state index contributed by atoms with van der Waals surface area (Å²) in [6.07, 6.45) is 5.13. The van der Waals surface area contributed by atoms with Crippen LogP contribution >= 0.6 is 12.6 Å². The molecule has 1 aromatic carbocycles. The number of rotatable bonds is 6. The summed E-state index contributed by atoms with van der Waals surface area (Å²) in [6.45, 7) is 1.05. The van der Waals surface area contributed by atoms with Crippen molar-refractivity contribution in [2.24, 2.45) is 0 Å². The van der Waals surface area contributed by atoms with Gasteiger partial charge in [-0.25, -0.2) is 4.98 Å². The second kappa shape index (κ2) is 10.2. The number of aromatic nitrogens is 3. The molecule has 0 fully saturated rings. The molecule has 132 valence electrons. The van der Waals surface area contributed by atoms with Gasteiger partial charge in [-0.1, -0.05) is 18.2 Å². The van der Waals surface area contributed by atoms with Crippen LogP contribution in [0.2, 0.25) is 0 Å². The predicted octanol–water partition coefficient (Wildman–Crippen LogP) is 1.70. The Morgan fingerprint density at radius 2 is 1.72 bits per heavy atom. The lowest BCUT2D eigenvalue weighted by atomic mass is 10.2. The largest absolute Gasteiger partial charge is 0.459 e. The van der Waals surface area contributed by atoms with E-state index >= 15 is 0 Å². The molecule has 0 saturated heterocycles. The molecule has 3 rings (SSSR count). The fraction of sp³-hybridized carbons (Fsp3) is 0.118. The highest BCUT2D eigenvalue weighted by Gasteiger charge is 2.03. The zero-order chi connectivity index (χ0) is 15.9. The van der Waals surface area contributed by atoms with Crippen LogP contribution in [0.15, 0.2) is 66.0 Å². The first-order valence-corrected chi connectivity index (χ1v) is 7.61. The van der Waals surface area contributed by atoms with Gasteiger partial charge < -0.3 is 21.0 Å². The molecule has 0 bridgehead atoms.